The second kappa shape index (κ2) is 5.01. The Morgan fingerprint density at radius 2 is 2.25 bits per heavy atom. The van der Waals surface area contributed by atoms with E-state index in [2.05, 4.69) is 20.2 Å². The van der Waals surface area contributed by atoms with Crippen molar-refractivity contribution in [2.24, 2.45) is 0 Å². The minimum atomic E-state index is 0.439. The number of rotatable bonds is 3. The van der Waals surface area contributed by atoms with E-state index < -0.39 is 0 Å². The SMILES string of the molecule is Cc1nc(Cn2c(-c3cccnc3)n[nH]c2=S)oc1C. The minimum absolute atomic E-state index is 0.439. The first-order valence-electron chi connectivity index (χ1n) is 6.13. The van der Waals surface area contributed by atoms with Crippen LogP contribution in [0.15, 0.2) is 28.9 Å². The predicted octanol–water partition coefficient (Wildman–Crippen LogP) is 2.66. The van der Waals surface area contributed by atoms with Gasteiger partial charge < -0.3 is 4.42 Å². The number of hydrogen-bond acceptors (Lipinski definition) is 5. The molecule has 0 aliphatic rings. The molecule has 0 aliphatic carbocycles. The van der Waals surface area contributed by atoms with Crippen molar-refractivity contribution in [1.29, 1.82) is 0 Å². The number of H-pyrrole nitrogens is 1. The van der Waals surface area contributed by atoms with Crippen LogP contribution >= 0.6 is 12.2 Å². The van der Waals surface area contributed by atoms with Crippen molar-refractivity contribution >= 4 is 12.2 Å². The van der Waals surface area contributed by atoms with E-state index in [0.717, 1.165) is 22.8 Å². The zero-order valence-electron chi connectivity index (χ0n) is 11.1. The molecule has 0 saturated heterocycles. The molecular formula is C13H13N5OS. The van der Waals surface area contributed by atoms with Crippen molar-refractivity contribution in [3.63, 3.8) is 0 Å². The summed E-state index contributed by atoms with van der Waals surface area (Å²) in [5.74, 6) is 2.15. The topological polar surface area (TPSA) is 72.5 Å². The van der Waals surface area contributed by atoms with E-state index in [4.69, 9.17) is 16.6 Å². The Kier molecular flexibility index (Phi) is 3.19. The van der Waals surface area contributed by atoms with Crippen molar-refractivity contribution < 1.29 is 4.42 Å². The highest BCUT2D eigenvalue weighted by Gasteiger charge is 2.13. The highest BCUT2D eigenvalue weighted by molar-refractivity contribution is 7.71. The third-order valence-corrected chi connectivity index (χ3v) is 3.36. The molecule has 20 heavy (non-hydrogen) atoms. The highest BCUT2D eigenvalue weighted by atomic mass is 32.1. The van der Waals surface area contributed by atoms with E-state index in [0.29, 0.717) is 17.2 Å². The van der Waals surface area contributed by atoms with Crippen LogP contribution in [-0.2, 0) is 6.54 Å². The van der Waals surface area contributed by atoms with E-state index in [1.807, 2.05) is 30.5 Å². The molecule has 0 unspecified atom stereocenters. The molecule has 3 rings (SSSR count). The second-order valence-corrected chi connectivity index (χ2v) is 4.82. The summed E-state index contributed by atoms with van der Waals surface area (Å²) in [4.78, 5) is 8.47. The number of nitrogens with zero attached hydrogens (tertiary/aromatic N) is 4. The molecule has 0 bridgehead atoms. The summed E-state index contributed by atoms with van der Waals surface area (Å²) in [7, 11) is 0. The van der Waals surface area contributed by atoms with Gasteiger partial charge in [0.25, 0.3) is 0 Å². The number of hydrogen-bond donors (Lipinski definition) is 1. The van der Waals surface area contributed by atoms with Gasteiger partial charge in [0, 0.05) is 18.0 Å². The lowest BCUT2D eigenvalue weighted by molar-refractivity contribution is 0.456. The Morgan fingerprint density at radius 3 is 2.90 bits per heavy atom. The quantitative estimate of drug-likeness (QED) is 0.750. The lowest BCUT2D eigenvalue weighted by Gasteiger charge is -2.03. The smallest absolute Gasteiger partial charge is 0.214 e. The zero-order valence-corrected chi connectivity index (χ0v) is 11.9. The molecule has 3 aromatic rings. The second-order valence-electron chi connectivity index (χ2n) is 4.43. The van der Waals surface area contributed by atoms with Crippen LogP contribution in [0.2, 0.25) is 0 Å². The Balaban J connectivity index is 2.02. The number of aromatic amines is 1. The molecule has 0 aliphatic heterocycles. The number of aromatic nitrogens is 5. The van der Waals surface area contributed by atoms with E-state index in [1.54, 1.807) is 12.4 Å². The molecule has 0 amide bonds. The molecule has 0 radical (unpaired) electrons. The molecule has 0 aromatic carbocycles. The predicted molar refractivity (Wildman–Crippen MR) is 75.7 cm³/mol. The normalized spacial score (nSPS) is 10.9. The summed E-state index contributed by atoms with van der Waals surface area (Å²) in [5, 5.41) is 7.04. The molecule has 7 heteroatoms. The van der Waals surface area contributed by atoms with Gasteiger partial charge >= 0.3 is 0 Å². The first kappa shape index (κ1) is 12.7. The van der Waals surface area contributed by atoms with Crippen LogP contribution in [0.4, 0.5) is 0 Å². The monoisotopic (exact) mass is 287 g/mol. The maximum atomic E-state index is 5.60. The Morgan fingerprint density at radius 1 is 1.40 bits per heavy atom. The van der Waals surface area contributed by atoms with Gasteiger partial charge in [-0.25, -0.2) is 4.98 Å². The molecule has 0 atom stereocenters. The third-order valence-electron chi connectivity index (χ3n) is 3.04. The number of aryl methyl sites for hydroxylation is 2. The fraction of sp³-hybridized carbons (Fsp3) is 0.231. The lowest BCUT2D eigenvalue weighted by Crippen LogP contribution is -2.03. The standard InChI is InChI=1S/C13H13N5OS/c1-8-9(2)19-11(15-8)7-18-12(16-17-13(18)20)10-4-3-5-14-6-10/h3-6H,7H2,1-2H3,(H,17,20). The van der Waals surface area contributed by atoms with Crippen molar-refractivity contribution in [3.8, 4) is 11.4 Å². The van der Waals surface area contributed by atoms with Gasteiger partial charge in [0.05, 0.1) is 5.69 Å². The summed E-state index contributed by atoms with van der Waals surface area (Å²) < 4.78 is 7.97. The van der Waals surface area contributed by atoms with Gasteiger partial charge in [0.2, 0.25) is 5.89 Å². The molecule has 3 aromatic heterocycles. The summed E-state index contributed by atoms with van der Waals surface area (Å²) in [5.41, 5.74) is 1.78. The molecule has 0 spiro atoms. The largest absolute Gasteiger partial charge is 0.444 e. The van der Waals surface area contributed by atoms with E-state index in [-0.39, 0.29) is 0 Å². The summed E-state index contributed by atoms with van der Waals surface area (Å²) in [6, 6.07) is 3.79. The first-order valence-corrected chi connectivity index (χ1v) is 6.54. The van der Waals surface area contributed by atoms with Gasteiger partial charge in [0.15, 0.2) is 10.6 Å². The van der Waals surface area contributed by atoms with E-state index >= 15 is 0 Å². The Hall–Kier alpha value is -2.28. The lowest BCUT2D eigenvalue weighted by atomic mass is 10.3. The Labute approximate surface area is 120 Å². The number of oxazole rings is 1. The van der Waals surface area contributed by atoms with Gasteiger partial charge in [0.1, 0.15) is 12.3 Å². The minimum Gasteiger partial charge on any atom is -0.444 e. The molecule has 102 valence electrons. The van der Waals surface area contributed by atoms with Gasteiger partial charge in [-0.15, -0.1) is 0 Å². The first-order chi connectivity index (χ1) is 9.65. The summed E-state index contributed by atoms with van der Waals surface area (Å²) >= 11 is 5.27. The van der Waals surface area contributed by atoms with Crippen molar-refractivity contribution in [3.05, 3.63) is 46.6 Å². The summed E-state index contributed by atoms with van der Waals surface area (Å²) in [6.45, 7) is 4.25. The van der Waals surface area contributed by atoms with E-state index in [1.165, 1.54) is 0 Å². The van der Waals surface area contributed by atoms with Crippen molar-refractivity contribution in [1.82, 2.24) is 24.7 Å². The van der Waals surface area contributed by atoms with Gasteiger partial charge in [-0.1, -0.05) is 0 Å². The fourth-order valence-corrected chi connectivity index (χ4v) is 2.12. The molecule has 3 heterocycles. The van der Waals surface area contributed by atoms with Crippen molar-refractivity contribution in [2.45, 2.75) is 20.4 Å². The average Bonchev–Trinajstić information content (AvgIpc) is 2.96. The van der Waals surface area contributed by atoms with Crippen LogP contribution < -0.4 is 0 Å². The van der Waals surface area contributed by atoms with Crippen LogP contribution in [0.1, 0.15) is 17.3 Å². The third kappa shape index (κ3) is 2.27. The van der Waals surface area contributed by atoms with Crippen molar-refractivity contribution in [2.75, 3.05) is 0 Å². The van der Waals surface area contributed by atoms with Crippen LogP contribution in [0.3, 0.4) is 0 Å². The molecule has 1 N–H and O–H groups in total. The molecular weight excluding hydrogens is 274 g/mol. The highest BCUT2D eigenvalue weighted by Crippen LogP contribution is 2.18. The summed E-state index contributed by atoms with van der Waals surface area (Å²) in [6.07, 6.45) is 3.46. The van der Waals surface area contributed by atoms with E-state index in [9.17, 15) is 0 Å². The molecule has 0 saturated carbocycles. The maximum absolute atomic E-state index is 5.60. The fourth-order valence-electron chi connectivity index (χ4n) is 1.92. The van der Waals surface area contributed by atoms with Gasteiger partial charge in [-0.05, 0) is 38.2 Å². The molecule has 0 fully saturated rings. The van der Waals surface area contributed by atoms with Crippen LogP contribution in [0.25, 0.3) is 11.4 Å². The average molecular weight is 287 g/mol. The maximum Gasteiger partial charge on any atom is 0.214 e. The van der Waals surface area contributed by atoms with Crippen LogP contribution in [0, 0.1) is 18.6 Å². The number of pyridine rings is 1. The van der Waals surface area contributed by atoms with Crippen LogP contribution in [0.5, 0.6) is 0 Å². The zero-order chi connectivity index (χ0) is 14.1. The van der Waals surface area contributed by atoms with Gasteiger partial charge in [-0.2, -0.15) is 5.10 Å². The van der Waals surface area contributed by atoms with Gasteiger partial charge in [-0.3, -0.25) is 14.6 Å². The van der Waals surface area contributed by atoms with Crippen LogP contribution in [-0.4, -0.2) is 24.7 Å². The Bertz CT molecular complexity index is 767. The molecule has 6 nitrogen and oxygen atoms in total. The number of nitrogens with one attached hydrogen (secondary N) is 1.